The summed E-state index contributed by atoms with van der Waals surface area (Å²) in [5.74, 6) is -0.627. The van der Waals surface area contributed by atoms with Gasteiger partial charge in [-0.1, -0.05) is 30.3 Å². The topological polar surface area (TPSA) is 136 Å². The maximum absolute atomic E-state index is 13.7. The van der Waals surface area contributed by atoms with Gasteiger partial charge in [0.05, 0.1) is 22.5 Å². The lowest BCUT2D eigenvalue weighted by Crippen LogP contribution is -2.27. The molecule has 0 spiro atoms. The molecule has 0 amide bonds. The first-order chi connectivity index (χ1) is 16.4. The first-order valence-electron chi connectivity index (χ1n) is 10.6. The molecule has 0 aliphatic heterocycles. The van der Waals surface area contributed by atoms with Crippen molar-refractivity contribution in [3.8, 4) is 5.69 Å². The van der Waals surface area contributed by atoms with Gasteiger partial charge in [-0.2, -0.15) is 4.98 Å². The lowest BCUT2D eigenvalue weighted by Gasteiger charge is -2.22. The highest BCUT2D eigenvalue weighted by atomic mass is 16.4. The van der Waals surface area contributed by atoms with Crippen molar-refractivity contribution < 1.29 is 9.90 Å². The Balaban J connectivity index is 1.74. The summed E-state index contributed by atoms with van der Waals surface area (Å²) >= 11 is 0. The fourth-order valence-electron chi connectivity index (χ4n) is 4.09. The van der Waals surface area contributed by atoms with Crippen LogP contribution in [0.2, 0.25) is 0 Å². The Kier molecular flexibility index (Phi) is 5.14. The molecule has 3 heterocycles. The number of para-hydroxylation sites is 1. The van der Waals surface area contributed by atoms with Gasteiger partial charge in [-0.3, -0.25) is 14.3 Å². The molecule has 3 aromatic heterocycles. The molecule has 0 aliphatic carbocycles. The maximum atomic E-state index is 13.7. The van der Waals surface area contributed by atoms with Crippen molar-refractivity contribution in [2.24, 2.45) is 0 Å². The zero-order valence-corrected chi connectivity index (χ0v) is 18.1. The van der Waals surface area contributed by atoms with Crippen LogP contribution in [0.15, 0.2) is 77.7 Å². The number of aromatic carboxylic acids is 1. The van der Waals surface area contributed by atoms with Crippen LogP contribution < -0.4 is 16.6 Å². The number of carbonyl (C=O) groups is 1. The first kappa shape index (κ1) is 21.1. The smallest absolute Gasteiger partial charge is 0.336 e. The standard InChI is InChI=1S/C25H20N6O3/c1-14(28-22-21-18(11-6-12-27-21)29-25(26)30-22)19-13-15-7-5-10-17(24(33)34)20(15)23(32)31(19)16-8-3-2-4-9-16/h2-14H,1H3,(H,33,34)(H3,26,28,29,30)/t14-/m0/s1. The number of anilines is 2. The third-order valence-electron chi connectivity index (χ3n) is 5.59. The average Bonchev–Trinajstić information content (AvgIpc) is 2.83. The van der Waals surface area contributed by atoms with E-state index in [4.69, 9.17) is 5.73 Å². The molecule has 0 fully saturated rings. The number of fused-ring (bicyclic) bond motifs is 2. The van der Waals surface area contributed by atoms with E-state index in [1.165, 1.54) is 10.6 Å². The molecular weight excluding hydrogens is 432 g/mol. The van der Waals surface area contributed by atoms with Crippen LogP contribution >= 0.6 is 0 Å². The third-order valence-corrected chi connectivity index (χ3v) is 5.59. The van der Waals surface area contributed by atoms with Crippen molar-refractivity contribution in [1.29, 1.82) is 0 Å². The van der Waals surface area contributed by atoms with Crippen molar-refractivity contribution in [1.82, 2.24) is 19.5 Å². The second-order valence-electron chi connectivity index (χ2n) is 7.79. The highest BCUT2D eigenvalue weighted by Crippen LogP contribution is 2.27. The second-order valence-corrected chi connectivity index (χ2v) is 7.79. The third kappa shape index (κ3) is 3.58. The number of pyridine rings is 2. The molecule has 0 unspecified atom stereocenters. The average molecular weight is 452 g/mol. The Bertz CT molecular complexity index is 1610. The maximum Gasteiger partial charge on any atom is 0.336 e. The normalized spacial score (nSPS) is 12.0. The van der Waals surface area contributed by atoms with E-state index in [0.717, 1.165) is 0 Å². The van der Waals surface area contributed by atoms with Gasteiger partial charge in [0.15, 0.2) is 5.82 Å². The molecule has 5 aromatic rings. The van der Waals surface area contributed by atoms with E-state index in [-0.39, 0.29) is 16.9 Å². The lowest BCUT2D eigenvalue weighted by atomic mass is 10.0. The summed E-state index contributed by atoms with van der Waals surface area (Å²) in [6.45, 7) is 1.88. The zero-order valence-electron chi connectivity index (χ0n) is 18.1. The highest BCUT2D eigenvalue weighted by Gasteiger charge is 2.21. The largest absolute Gasteiger partial charge is 0.478 e. The van der Waals surface area contributed by atoms with Gasteiger partial charge < -0.3 is 16.2 Å². The lowest BCUT2D eigenvalue weighted by molar-refractivity contribution is 0.0699. The van der Waals surface area contributed by atoms with Crippen LogP contribution in [0.1, 0.15) is 29.0 Å². The van der Waals surface area contributed by atoms with Crippen LogP contribution in [0.5, 0.6) is 0 Å². The van der Waals surface area contributed by atoms with Crippen molar-refractivity contribution in [3.05, 3.63) is 94.5 Å². The molecule has 0 saturated carbocycles. The second kappa shape index (κ2) is 8.28. The Morgan fingerprint density at radius 1 is 1.06 bits per heavy atom. The predicted molar refractivity (Wildman–Crippen MR) is 130 cm³/mol. The molecule has 0 radical (unpaired) electrons. The van der Waals surface area contributed by atoms with Crippen molar-refractivity contribution in [2.45, 2.75) is 13.0 Å². The monoisotopic (exact) mass is 452 g/mol. The quantitative estimate of drug-likeness (QED) is 0.366. The van der Waals surface area contributed by atoms with Gasteiger partial charge in [-0.05, 0) is 48.7 Å². The summed E-state index contributed by atoms with van der Waals surface area (Å²) in [7, 11) is 0. The number of rotatable bonds is 5. The predicted octanol–water partition coefficient (Wildman–Crippen LogP) is 3.78. The molecule has 168 valence electrons. The van der Waals surface area contributed by atoms with Gasteiger partial charge in [0.25, 0.3) is 5.56 Å². The van der Waals surface area contributed by atoms with E-state index >= 15 is 0 Å². The number of benzene rings is 2. The molecule has 9 nitrogen and oxygen atoms in total. The van der Waals surface area contributed by atoms with Crippen LogP contribution in [0.4, 0.5) is 11.8 Å². The van der Waals surface area contributed by atoms with E-state index in [1.807, 2.05) is 31.2 Å². The molecular formula is C25H20N6O3. The van der Waals surface area contributed by atoms with Gasteiger partial charge in [0, 0.05) is 17.6 Å². The van der Waals surface area contributed by atoms with Crippen molar-refractivity contribution in [2.75, 3.05) is 11.1 Å². The number of carboxylic acids is 1. The number of nitrogens with one attached hydrogen (secondary N) is 1. The molecule has 5 rings (SSSR count). The van der Waals surface area contributed by atoms with Gasteiger partial charge in [-0.15, -0.1) is 0 Å². The minimum atomic E-state index is -1.16. The zero-order chi connectivity index (χ0) is 23.8. The summed E-state index contributed by atoms with van der Waals surface area (Å²) in [6.07, 6.45) is 1.64. The molecule has 9 heteroatoms. The summed E-state index contributed by atoms with van der Waals surface area (Å²) in [4.78, 5) is 38.5. The van der Waals surface area contributed by atoms with E-state index in [9.17, 15) is 14.7 Å². The first-order valence-corrected chi connectivity index (χ1v) is 10.6. The molecule has 0 bridgehead atoms. The summed E-state index contributed by atoms with van der Waals surface area (Å²) in [5, 5.41) is 13.7. The van der Waals surface area contributed by atoms with Crippen molar-refractivity contribution in [3.63, 3.8) is 0 Å². The molecule has 4 N–H and O–H groups in total. The van der Waals surface area contributed by atoms with E-state index in [1.54, 1.807) is 42.6 Å². The summed E-state index contributed by atoms with van der Waals surface area (Å²) in [5.41, 5.74) is 7.81. The van der Waals surface area contributed by atoms with E-state index in [0.29, 0.717) is 33.6 Å². The van der Waals surface area contributed by atoms with Crippen LogP contribution in [0.25, 0.3) is 27.5 Å². The number of hydrogen-bond acceptors (Lipinski definition) is 7. The molecule has 1 atom stereocenters. The number of nitrogens with zero attached hydrogens (tertiary/aromatic N) is 4. The minimum Gasteiger partial charge on any atom is -0.478 e. The Morgan fingerprint density at radius 2 is 1.85 bits per heavy atom. The van der Waals surface area contributed by atoms with Crippen molar-refractivity contribution >= 4 is 39.5 Å². The van der Waals surface area contributed by atoms with Gasteiger partial charge in [0.2, 0.25) is 5.95 Å². The fraction of sp³-hybridized carbons (Fsp3) is 0.0800. The Labute approximate surface area is 193 Å². The molecule has 0 saturated heterocycles. The number of nitrogen functional groups attached to an aromatic ring is 1. The number of carboxylic acid groups (broad SMARTS) is 1. The van der Waals surface area contributed by atoms with Crippen LogP contribution in [0, 0.1) is 0 Å². The molecule has 0 aliphatic rings. The number of nitrogens with two attached hydrogens (primary N) is 1. The Hall–Kier alpha value is -4.79. The SMILES string of the molecule is C[C@H](Nc1nc(N)nc2cccnc12)c1cc2cccc(C(=O)O)c2c(=O)n1-c1ccccc1. The minimum absolute atomic E-state index is 0.0434. The fourth-order valence-corrected chi connectivity index (χ4v) is 4.09. The van der Waals surface area contributed by atoms with Gasteiger partial charge in [-0.25, -0.2) is 9.78 Å². The number of hydrogen-bond donors (Lipinski definition) is 3. The Morgan fingerprint density at radius 3 is 2.62 bits per heavy atom. The van der Waals surface area contributed by atoms with E-state index < -0.39 is 17.6 Å². The molecule has 2 aromatic carbocycles. The number of aromatic nitrogens is 4. The summed E-state index contributed by atoms with van der Waals surface area (Å²) in [6, 6.07) is 18.8. The van der Waals surface area contributed by atoms with Gasteiger partial charge >= 0.3 is 5.97 Å². The summed E-state index contributed by atoms with van der Waals surface area (Å²) < 4.78 is 1.52. The van der Waals surface area contributed by atoms with Crippen LogP contribution in [0.3, 0.4) is 0 Å². The highest BCUT2D eigenvalue weighted by molar-refractivity contribution is 6.03. The van der Waals surface area contributed by atoms with Crippen LogP contribution in [-0.4, -0.2) is 30.6 Å². The molecule has 34 heavy (non-hydrogen) atoms. The van der Waals surface area contributed by atoms with Crippen LogP contribution in [-0.2, 0) is 0 Å². The van der Waals surface area contributed by atoms with E-state index in [2.05, 4.69) is 20.3 Å². The van der Waals surface area contributed by atoms with Gasteiger partial charge in [0.1, 0.15) is 5.52 Å².